The minimum Gasteiger partial charge on any atom is -0.391 e. The Kier molecular flexibility index (Phi) is 4.75. The van der Waals surface area contributed by atoms with E-state index in [1.807, 2.05) is 0 Å². The smallest absolute Gasteiger partial charge is 0.252 e. The first-order valence-electron chi connectivity index (χ1n) is 6.52. The Labute approximate surface area is 131 Å². The fourth-order valence-corrected chi connectivity index (χ4v) is 3.15. The van der Waals surface area contributed by atoms with Crippen LogP contribution in [-0.4, -0.2) is 16.4 Å². The molecular formula is C14H16BrFN2OS. The summed E-state index contributed by atoms with van der Waals surface area (Å²) in [5.74, 6) is -0.677. The second-order valence-corrected chi connectivity index (χ2v) is 6.38. The molecule has 108 valence electrons. The molecule has 0 unspecified atom stereocenters. The van der Waals surface area contributed by atoms with Crippen LogP contribution in [0.25, 0.3) is 0 Å². The summed E-state index contributed by atoms with van der Waals surface area (Å²) in [7, 11) is 0. The summed E-state index contributed by atoms with van der Waals surface area (Å²) in [6.07, 6.45) is 4.63. The number of hydrogen-bond acceptors (Lipinski definition) is 2. The summed E-state index contributed by atoms with van der Waals surface area (Å²) in [5.41, 5.74) is 5.61. The standard InChI is InChI=1S/C14H16BrFN2OS/c15-10-8-9(4-5-11(10)16)12(19)18-14(13(17)20)6-2-1-3-7-14/h4-5,8H,1-3,6-7H2,(H2,17,20)(H,18,19). The molecule has 1 aromatic rings. The van der Waals surface area contributed by atoms with Crippen LogP contribution in [-0.2, 0) is 0 Å². The first kappa shape index (κ1) is 15.4. The van der Waals surface area contributed by atoms with E-state index in [1.54, 1.807) is 0 Å². The molecule has 1 amide bonds. The molecule has 1 aromatic carbocycles. The van der Waals surface area contributed by atoms with Gasteiger partial charge in [-0.05, 0) is 47.0 Å². The Balaban J connectivity index is 2.20. The van der Waals surface area contributed by atoms with Crippen LogP contribution in [0.4, 0.5) is 4.39 Å². The molecule has 0 heterocycles. The van der Waals surface area contributed by atoms with Crippen LogP contribution in [0.15, 0.2) is 22.7 Å². The fourth-order valence-electron chi connectivity index (χ4n) is 2.52. The van der Waals surface area contributed by atoms with Crippen molar-refractivity contribution >= 4 is 39.0 Å². The maximum atomic E-state index is 13.2. The molecule has 0 aromatic heterocycles. The first-order valence-corrected chi connectivity index (χ1v) is 7.72. The van der Waals surface area contributed by atoms with Gasteiger partial charge in [0.25, 0.3) is 5.91 Å². The second-order valence-electron chi connectivity index (χ2n) is 5.09. The maximum absolute atomic E-state index is 13.2. The van der Waals surface area contributed by atoms with Crippen LogP contribution in [0.1, 0.15) is 42.5 Å². The summed E-state index contributed by atoms with van der Waals surface area (Å²) in [5, 5.41) is 2.95. The number of hydrogen-bond donors (Lipinski definition) is 2. The molecule has 20 heavy (non-hydrogen) atoms. The van der Waals surface area contributed by atoms with Gasteiger partial charge in [0.15, 0.2) is 0 Å². The monoisotopic (exact) mass is 358 g/mol. The normalized spacial score (nSPS) is 17.5. The number of benzene rings is 1. The largest absolute Gasteiger partial charge is 0.391 e. The molecule has 0 aliphatic heterocycles. The zero-order valence-corrected chi connectivity index (χ0v) is 13.3. The number of thiocarbonyl (C=S) groups is 1. The second kappa shape index (κ2) is 6.18. The van der Waals surface area contributed by atoms with Crippen molar-refractivity contribution in [3.63, 3.8) is 0 Å². The third kappa shape index (κ3) is 3.17. The lowest BCUT2D eigenvalue weighted by atomic mass is 9.81. The molecule has 3 nitrogen and oxygen atoms in total. The summed E-state index contributed by atoms with van der Waals surface area (Å²) in [6.45, 7) is 0. The van der Waals surface area contributed by atoms with Crippen molar-refractivity contribution < 1.29 is 9.18 Å². The first-order chi connectivity index (χ1) is 9.44. The molecule has 0 bridgehead atoms. The molecule has 0 spiro atoms. The Bertz CT molecular complexity index is 544. The predicted octanol–water partition coefficient (Wildman–Crippen LogP) is 3.31. The highest BCUT2D eigenvalue weighted by atomic mass is 79.9. The molecule has 0 radical (unpaired) electrons. The van der Waals surface area contributed by atoms with Crippen LogP contribution in [0.5, 0.6) is 0 Å². The van der Waals surface area contributed by atoms with Gasteiger partial charge in [0.2, 0.25) is 0 Å². The van der Waals surface area contributed by atoms with Crippen molar-refractivity contribution in [3.8, 4) is 0 Å². The highest BCUT2D eigenvalue weighted by molar-refractivity contribution is 9.10. The topological polar surface area (TPSA) is 55.1 Å². The van der Waals surface area contributed by atoms with Crippen molar-refractivity contribution in [2.24, 2.45) is 5.73 Å². The van der Waals surface area contributed by atoms with E-state index in [9.17, 15) is 9.18 Å². The van der Waals surface area contributed by atoms with Gasteiger partial charge in [-0.1, -0.05) is 31.5 Å². The van der Waals surface area contributed by atoms with Crippen LogP contribution >= 0.6 is 28.1 Å². The average Bonchev–Trinajstić information content (AvgIpc) is 2.42. The maximum Gasteiger partial charge on any atom is 0.252 e. The third-order valence-electron chi connectivity index (χ3n) is 3.71. The van der Waals surface area contributed by atoms with Crippen molar-refractivity contribution in [1.29, 1.82) is 0 Å². The van der Waals surface area contributed by atoms with Crippen molar-refractivity contribution in [3.05, 3.63) is 34.1 Å². The van der Waals surface area contributed by atoms with Crippen molar-refractivity contribution in [2.45, 2.75) is 37.6 Å². The van der Waals surface area contributed by atoms with Crippen LogP contribution in [0, 0.1) is 5.82 Å². The van der Waals surface area contributed by atoms with Crippen molar-refractivity contribution in [2.75, 3.05) is 0 Å². The van der Waals surface area contributed by atoms with E-state index in [2.05, 4.69) is 21.2 Å². The number of halogens is 2. The zero-order valence-electron chi connectivity index (χ0n) is 10.9. The molecule has 3 N–H and O–H groups in total. The molecule has 2 rings (SSSR count). The van der Waals surface area contributed by atoms with E-state index >= 15 is 0 Å². The molecule has 1 fully saturated rings. The number of amides is 1. The lowest BCUT2D eigenvalue weighted by Crippen LogP contribution is -2.57. The van der Waals surface area contributed by atoms with Gasteiger partial charge in [-0.25, -0.2) is 4.39 Å². The SMILES string of the molecule is NC(=S)C1(NC(=O)c2ccc(F)c(Br)c2)CCCCC1. The summed E-state index contributed by atoms with van der Waals surface area (Å²) in [6, 6.07) is 4.17. The lowest BCUT2D eigenvalue weighted by Gasteiger charge is -2.37. The van der Waals surface area contributed by atoms with E-state index in [-0.39, 0.29) is 10.4 Å². The summed E-state index contributed by atoms with van der Waals surface area (Å²) in [4.78, 5) is 12.6. The van der Waals surface area contributed by atoms with Crippen LogP contribution in [0.2, 0.25) is 0 Å². The van der Waals surface area contributed by atoms with Crippen molar-refractivity contribution in [1.82, 2.24) is 5.32 Å². The fraction of sp³-hybridized carbons (Fsp3) is 0.429. The quantitative estimate of drug-likeness (QED) is 0.815. The van der Waals surface area contributed by atoms with E-state index in [1.165, 1.54) is 18.2 Å². The van der Waals surface area contributed by atoms with Gasteiger partial charge in [-0.3, -0.25) is 4.79 Å². The Morgan fingerprint density at radius 3 is 2.55 bits per heavy atom. The number of rotatable bonds is 3. The van der Waals surface area contributed by atoms with Gasteiger partial charge in [0.1, 0.15) is 5.82 Å². The predicted molar refractivity (Wildman–Crippen MR) is 84.2 cm³/mol. The number of carbonyl (C=O) groups is 1. The Morgan fingerprint density at radius 1 is 1.35 bits per heavy atom. The van der Waals surface area contributed by atoms with Gasteiger partial charge in [-0.15, -0.1) is 0 Å². The molecule has 0 saturated heterocycles. The van der Waals surface area contributed by atoms with E-state index in [0.717, 1.165) is 32.1 Å². The zero-order chi connectivity index (χ0) is 14.8. The number of nitrogens with two attached hydrogens (primary N) is 1. The molecule has 1 aliphatic rings. The van der Waals surface area contributed by atoms with E-state index in [4.69, 9.17) is 18.0 Å². The van der Waals surface area contributed by atoms with Crippen LogP contribution < -0.4 is 11.1 Å². The summed E-state index contributed by atoms with van der Waals surface area (Å²) < 4.78 is 13.5. The highest BCUT2D eigenvalue weighted by Gasteiger charge is 2.36. The highest BCUT2D eigenvalue weighted by Crippen LogP contribution is 2.29. The number of nitrogens with one attached hydrogen (secondary N) is 1. The average molecular weight is 359 g/mol. The summed E-state index contributed by atoms with van der Waals surface area (Å²) >= 11 is 8.21. The van der Waals surface area contributed by atoms with Gasteiger partial charge >= 0.3 is 0 Å². The Hall–Kier alpha value is -1.01. The molecule has 6 heteroatoms. The third-order valence-corrected chi connectivity index (χ3v) is 4.71. The molecule has 0 atom stereocenters. The van der Waals surface area contributed by atoms with E-state index in [0.29, 0.717) is 10.6 Å². The molecule has 1 aliphatic carbocycles. The minimum absolute atomic E-state index is 0.262. The van der Waals surface area contributed by atoms with Crippen LogP contribution in [0.3, 0.4) is 0 Å². The molecular weight excluding hydrogens is 343 g/mol. The van der Waals surface area contributed by atoms with E-state index < -0.39 is 11.4 Å². The van der Waals surface area contributed by atoms with Gasteiger partial charge < -0.3 is 11.1 Å². The van der Waals surface area contributed by atoms with Gasteiger partial charge in [0, 0.05) is 5.56 Å². The Morgan fingerprint density at radius 2 is 2.00 bits per heavy atom. The molecule has 1 saturated carbocycles. The van der Waals surface area contributed by atoms with Gasteiger partial charge in [-0.2, -0.15) is 0 Å². The minimum atomic E-state index is -0.606. The lowest BCUT2D eigenvalue weighted by molar-refractivity contribution is 0.0908. The number of carbonyl (C=O) groups excluding carboxylic acids is 1. The van der Waals surface area contributed by atoms with Gasteiger partial charge in [0.05, 0.1) is 15.0 Å².